The number of fused-ring (bicyclic) bond motifs is 1. The second kappa shape index (κ2) is 4.23. The molecule has 16 heavy (non-hydrogen) atoms. The molecule has 0 heterocycles. The zero-order valence-electron chi connectivity index (χ0n) is 9.19. The Kier molecular flexibility index (Phi) is 2.77. The summed E-state index contributed by atoms with van der Waals surface area (Å²) in [6.45, 7) is 1.39. The number of benzene rings is 2. The first-order valence-electron chi connectivity index (χ1n) is 4.96. The largest absolute Gasteiger partial charge is 0.496 e. The zero-order valence-corrected chi connectivity index (χ0v) is 9.19. The van der Waals surface area contributed by atoms with Gasteiger partial charge in [-0.1, -0.05) is 24.3 Å². The SMILES string of the molecule is COc1cccc2c(OC(C)=O)cccc12. The number of carbonyl (C=O) groups is 1. The van der Waals surface area contributed by atoms with Crippen LogP contribution in [0.25, 0.3) is 10.8 Å². The Labute approximate surface area is 93.6 Å². The van der Waals surface area contributed by atoms with Gasteiger partial charge in [-0.3, -0.25) is 4.79 Å². The Bertz CT molecular complexity index is 532. The molecule has 0 saturated heterocycles. The van der Waals surface area contributed by atoms with Gasteiger partial charge in [-0.25, -0.2) is 0 Å². The first-order chi connectivity index (χ1) is 7.72. The minimum absolute atomic E-state index is 0.324. The van der Waals surface area contributed by atoms with Gasteiger partial charge in [-0.15, -0.1) is 0 Å². The highest BCUT2D eigenvalue weighted by Crippen LogP contribution is 2.31. The van der Waals surface area contributed by atoms with Gasteiger partial charge in [0.25, 0.3) is 0 Å². The number of ether oxygens (including phenoxy) is 2. The lowest BCUT2D eigenvalue weighted by atomic mass is 10.1. The van der Waals surface area contributed by atoms with Crippen LogP contribution in [-0.4, -0.2) is 13.1 Å². The molecule has 0 unspecified atom stereocenters. The van der Waals surface area contributed by atoms with E-state index in [0.29, 0.717) is 5.75 Å². The van der Waals surface area contributed by atoms with Crippen LogP contribution in [0.3, 0.4) is 0 Å². The van der Waals surface area contributed by atoms with Crippen LogP contribution in [-0.2, 0) is 4.79 Å². The summed E-state index contributed by atoms with van der Waals surface area (Å²) in [5.74, 6) is 1.01. The molecule has 0 aliphatic heterocycles. The van der Waals surface area contributed by atoms with Crippen LogP contribution in [0.1, 0.15) is 6.92 Å². The van der Waals surface area contributed by atoms with E-state index < -0.39 is 0 Å². The molecule has 0 bridgehead atoms. The van der Waals surface area contributed by atoms with E-state index in [9.17, 15) is 4.79 Å². The molecule has 3 nitrogen and oxygen atoms in total. The van der Waals surface area contributed by atoms with E-state index in [4.69, 9.17) is 9.47 Å². The van der Waals surface area contributed by atoms with Crippen molar-refractivity contribution in [3.05, 3.63) is 36.4 Å². The zero-order chi connectivity index (χ0) is 11.5. The Morgan fingerprint density at radius 2 is 1.56 bits per heavy atom. The van der Waals surface area contributed by atoms with E-state index in [2.05, 4.69) is 0 Å². The second-order valence-corrected chi connectivity index (χ2v) is 3.41. The molecule has 3 heteroatoms. The van der Waals surface area contributed by atoms with E-state index in [1.807, 2.05) is 30.3 Å². The molecule has 82 valence electrons. The number of methoxy groups -OCH3 is 1. The van der Waals surface area contributed by atoms with Crippen LogP contribution < -0.4 is 9.47 Å². The van der Waals surface area contributed by atoms with Gasteiger partial charge in [0.15, 0.2) is 0 Å². The van der Waals surface area contributed by atoms with Crippen molar-refractivity contribution in [2.24, 2.45) is 0 Å². The maximum absolute atomic E-state index is 11.0. The van der Waals surface area contributed by atoms with Gasteiger partial charge < -0.3 is 9.47 Å². The normalized spacial score (nSPS) is 10.1. The highest BCUT2D eigenvalue weighted by Gasteiger charge is 2.07. The fourth-order valence-corrected chi connectivity index (χ4v) is 1.67. The van der Waals surface area contributed by atoms with Gasteiger partial charge in [-0.05, 0) is 12.1 Å². The molecule has 0 atom stereocenters. The van der Waals surface area contributed by atoms with Crippen molar-refractivity contribution >= 4 is 16.7 Å². The van der Waals surface area contributed by atoms with Crippen molar-refractivity contribution in [2.45, 2.75) is 6.92 Å². The minimum atomic E-state index is -0.324. The van der Waals surface area contributed by atoms with Crippen LogP contribution in [0.2, 0.25) is 0 Å². The number of esters is 1. The molecule has 0 N–H and O–H groups in total. The summed E-state index contributed by atoms with van der Waals surface area (Å²) in [7, 11) is 1.62. The van der Waals surface area contributed by atoms with Crippen molar-refractivity contribution in [2.75, 3.05) is 7.11 Å². The van der Waals surface area contributed by atoms with Gasteiger partial charge >= 0.3 is 5.97 Å². The Hall–Kier alpha value is -2.03. The third-order valence-electron chi connectivity index (χ3n) is 2.32. The molecule has 0 aliphatic carbocycles. The van der Waals surface area contributed by atoms with E-state index in [1.54, 1.807) is 13.2 Å². The quantitative estimate of drug-likeness (QED) is 0.572. The molecular weight excluding hydrogens is 204 g/mol. The van der Waals surface area contributed by atoms with Gasteiger partial charge in [0.1, 0.15) is 11.5 Å². The molecule has 0 saturated carbocycles. The van der Waals surface area contributed by atoms with Crippen molar-refractivity contribution < 1.29 is 14.3 Å². The standard InChI is InChI=1S/C13H12O3/c1-9(14)16-13-8-4-5-10-11(13)6-3-7-12(10)15-2/h3-8H,1-2H3. The third-order valence-corrected chi connectivity index (χ3v) is 2.32. The van der Waals surface area contributed by atoms with E-state index >= 15 is 0 Å². The maximum atomic E-state index is 11.0. The number of rotatable bonds is 2. The van der Waals surface area contributed by atoms with Crippen LogP contribution in [0.15, 0.2) is 36.4 Å². The average Bonchev–Trinajstić information content (AvgIpc) is 2.28. The Morgan fingerprint density at radius 1 is 1.00 bits per heavy atom. The van der Waals surface area contributed by atoms with Crippen LogP contribution in [0, 0.1) is 0 Å². The van der Waals surface area contributed by atoms with Gasteiger partial charge in [0, 0.05) is 17.7 Å². The van der Waals surface area contributed by atoms with Crippen molar-refractivity contribution in [3.8, 4) is 11.5 Å². The summed E-state index contributed by atoms with van der Waals surface area (Å²) in [6, 6.07) is 11.2. The second-order valence-electron chi connectivity index (χ2n) is 3.41. The minimum Gasteiger partial charge on any atom is -0.496 e. The number of hydrogen-bond donors (Lipinski definition) is 0. The average molecular weight is 216 g/mol. The molecule has 0 aliphatic rings. The molecule has 2 rings (SSSR count). The smallest absolute Gasteiger partial charge is 0.308 e. The maximum Gasteiger partial charge on any atom is 0.308 e. The lowest BCUT2D eigenvalue weighted by Crippen LogP contribution is -2.01. The van der Waals surface area contributed by atoms with Gasteiger partial charge in [0.05, 0.1) is 7.11 Å². The monoisotopic (exact) mass is 216 g/mol. The molecule has 2 aromatic rings. The Morgan fingerprint density at radius 3 is 2.12 bits per heavy atom. The summed E-state index contributed by atoms with van der Waals surface area (Å²) in [5, 5.41) is 1.81. The van der Waals surface area contributed by atoms with Crippen molar-refractivity contribution in [1.29, 1.82) is 0 Å². The molecule has 0 aromatic heterocycles. The molecule has 2 aromatic carbocycles. The summed E-state index contributed by atoms with van der Waals surface area (Å²) >= 11 is 0. The summed E-state index contributed by atoms with van der Waals surface area (Å²) in [4.78, 5) is 11.0. The fourth-order valence-electron chi connectivity index (χ4n) is 1.67. The molecule has 0 amide bonds. The summed E-state index contributed by atoms with van der Waals surface area (Å²) in [6.07, 6.45) is 0. The van der Waals surface area contributed by atoms with Crippen LogP contribution in [0.5, 0.6) is 11.5 Å². The van der Waals surface area contributed by atoms with Gasteiger partial charge in [0.2, 0.25) is 0 Å². The first kappa shape index (κ1) is 10.5. The van der Waals surface area contributed by atoms with Crippen LogP contribution in [0.4, 0.5) is 0 Å². The highest BCUT2D eigenvalue weighted by molar-refractivity contribution is 5.94. The molecule has 0 fully saturated rings. The number of carbonyl (C=O) groups excluding carboxylic acids is 1. The van der Waals surface area contributed by atoms with Crippen molar-refractivity contribution in [3.63, 3.8) is 0 Å². The van der Waals surface area contributed by atoms with Gasteiger partial charge in [-0.2, -0.15) is 0 Å². The highest BCUT2D eigenvalue weighted by atomic mass is 16.5. The predicted octanol–water partition coefficient (Wildman–Crippen LogP) is 2.77. The molecule has 0 radical (unpaired) electrons. The van der Waals surface area contributed by atoms with E-state index in [0.717, 1.165) is 16.5 Å². The first-order valence-corrected chi connectivity index (χ1v) is 4.96. The fraction of sp³-hybridized carbons (Fsp3) is 0.154. The van der Waals surface area contributed by atoms with E-state index in [-0.39, 0.29) is 5.97 Å². The molecular formula is C13H12O3. The van der Waals surface area contributed by atoms with Crippen molar-refractivity contribution in [1.82, 2.24) is 0 Å². The summed E-state index contributed by atoms with van der Waals surface area (Å²) < 4.78 is 10.4. The lowest BCUT2D eigenvalue weighted by Gasteiger charge is -2.08. The third kappa shape index (κ3) is 1.84. The summed E-state index contributed by atoms with van der Waals surface area (Å²) in [5.41, 5.74) is 0. The topological polar surface area (TPSA) is 35.5 Å². The van der Waals surface area contributed by atoms with Crippen LogP contribution >= 0.6 is 0 Å². The Balaban J connectivity index is 2.64. The number of hydrogen-bond acceptors (Lipinski definition) is 3. The lowest BCUT2D eigenvalue weighted by molar-refractivity contribution is -0.131. The molecule has 0 spiro atoms. The van der Waals surface area contributed by atoms with E-state index in [1.165, 1.54) is 6.92 Å². The predicted molar refractivity (Wildman–Crippen MR) is 61.8 cm³/mol.